The van der Waals surface area contributed by atoms with Gasteiger partial charge in [0.15, 0.2) is 0 Å². The highest BCUT2D eigenvalue weighted by Gasteiger charge is 2.50. The van der Waals surface area contributed by atoms with Crippen LogP contribution < -0.4 is 10.6 Å². The molecule has 0 aliphatic heterocycles. The lowest BCUT2D eigenvalue weighted by molar-refractivity contribution is -0.138. The zero-order chi connectivity index (χ0) is 23.9. The molecule has 0 bridgehead atoms. The van der Waals surface area contributed by atoms with Gasteiger partial charge in [0.05, 0.1) is 6.42 Å². The lowest BCUT2D eigenvalue weighted by Gasteiger charge is -2.31. The largest absolute Gasteiger partial charge is 0.481 e. The van der Waals surface area contributed by atoms with Crippen molar-refractivity contribution in [3.8, 4) is 11.1 Å². The molecule has 3 aliphatic carbocycles. The van der Waals surface area contributed by atoms with Gasteiger partial charge in [-0.25, -0.2) is 4.79 Å². The highest BCUT2D eigenvalue weighted by atomic mass is 16.5. The van der Waals surface area contributed by atoms with Crippen molar-refractivity contribution in [3.05, 3.63) is 59.7 Å². The maximum absolute atomic E-state index is 13.2. The van der Waals surface area contributed by atoms with Crippen LogP contribution in [0.25, 0.3) is 11.1 Å². The number of carbonyl (C=O) groups is 3. The lowest BCUT2D eigenvalue weighted by Crippen LogP contribution is -2.60. The van der Waals surface area contributed by atoms with Crippen molar-refractivity contribution in [1.82, 2.24) is 10.6 Å². The summed E-state index contributed by atoms with van der Waals surface area (Å²) in [6.07, 6.45) is 2.76. The summed E-state index contributed by atoms with van der Waals surface area (Å²) >= 11 is 0. The maximum Gasteiger partial charge on any atom is 0.408 e. The molecule has 7 nitrogen and oxygen atoms in total. The molecule has 0 radical (unpaired) electrons. The summed E-state index contributed by atoms with van der Waals surface area (Å²) < 4.78 is 5.67. The Labute approximate surface area is 198 Å². The van der Waals surface area contributed by atoms with Gasteiger partial charge in [-0.1, -0.05) is 48.5 Å². The van der Waals surface area contributed by atoms with Gasteiger partial charge in [-0.05, 0) is 66.7 Å². The first-order valence-electron chi connectivity index (χ1n) is 12.0. The van der Waals surface area contributed by atoms with Gasteiger partial charge in [-0.2, -0.15) is 0 Å². The van der Waals surface area contributed by atoms with E-state index in [1.807, 2.05) is 24.3 Å². The molecule has 0 spiro atoms. The van der Waals surface area contributed by atoms with Crippen molar-refractivity contribution in [2.45, 2.75) is 56.5 Å². The second kappa shape index (κ2) is 8.78. The molecular weight excluding hydrogens is 432 g/mol. The van der Waals surface area contributed by atoms with Crippen LogP contribution in [0.5, 0.6) is 0 Å². The molecule has 2 aromatic carbocycles. The van der Waals surface area contributed by atoms with E-state index >= 15 is 0 Å². The summed E-state index contributed by atoms with van der Waals surface area (Å²) in [5, 5.41) is 15.0. The normalized spacial score (nSPS) is 19.3. The molecule has 3 aliphatic rings. The summed E-state index contributed by atoms with van der Waals surface area (Å²) in [5.41, 5.74) is 3.42. The Hall–Kier alpha value is -3.35. The van der Waals surface area contributed by atoms with Gasteiger partial charge in [-0.15, -0.1) is 0 Å². The fourth-order valence-corrected chi connectivity index (χ4v) is 5.19. The van der Waals surface area contributed by atoms with Gasteiger partial charge >= 0.3 is 12.1 Å². The summed E-state index contributed by atoms with van der Waals surface area (Å²) in [4.78, 5) is 37.3. The van der Waals surface area contributed by atoms with Crippen LogP contribution in [0.4, 0.5) is 4.79 Å². The van der Waals surface area contributed by atoms with Crippen LogP contribution in [0.2, 0.25) is 0 Å². The molecule has 0 aromatic heterocycles. The smallest absolute Gasteiger partial charge is 0.408 e. The minimum absolute atomic E-state index is 0.0117. The number of nitrogens with one attached hydrogen (secondary N) is 2. The number of carbonyl (C=O) groups excluding carboxylic acids is 2. The third-order valence-electron chi connectivity index (χ3n) is 7.47. The molecule has 178 valence electrons. The molecule has 3 N–H and O–H groups in total. The molecular formula is C27H30N2O5. The minimum Gasteiger partial charge on any atom is -0.481 e. The number of benzene rings is 2. The second-order valence-corrected chi connectivity index (χ2v) is 9.94. The Bertz CT molecular complexity index is 1080. The molecule has 2 amide bonds. The first-order valence-corrected chi connectivity index (χ1v) is 12.0. The van der Waals surface area contributed by atoms with E-state index in [9.17, 15) is 19.5 Å². The third kappa shape index (κ3) is 4.39. The summed E-state index contributed by atoms with van der Waals surface area (Å²) in [7, 11) is 0. The average Bonchev–Trinajstić information content (AvgIpc) is 3.73. The third-order valence-corrected chi connectivity index (χ3v) is 7.47. The highest BCUT2D eigenvalue weighted by molar-refractivity contribution is 5.91. The molecule has 2 aromatic rings. The number of ether oxygens (including phenoxy) is 1. The van der Waals surface area contributed by atoms with Crippen LogP contribution in [0.1, 0.15) is 56.1 Å². The molecule has 2 fully saturated rings. The Morgan fingerprint density at radius 3 is 2.12 bits per heavy atom. The Kier molecular flexibility index (Phi) is 5.80. The standard InChI is InChI=1S/C27H30N2O5/c1-27(17-12-13-17,25(32)28-23(14-24(30)31)16-10-11-16)29-26(33)34-15-22-20-8-4-2-6-18(20)19-7-3-5-9-21(19)22/h2-9,16-17,22-23H,10-15H2,1H3,(H,28,32)(H,29,33)(H,30,31). The van der Waals surface area contributed by atoms with Crippen molar-refractivity contribution in [2.75, 3.05) is 6.61 Å². The quantitative estimate of drug-likeness (QED) is 0.521. The summed E-state index contributed by atoms with van der Waals surface area (Å²) in [5.74, 6) is -1.12. The van der Waals surface area contributed by atoms with E-state index in [0.29, 0.717) is 0 Å². The number of carboxylic acids is 1. The number of hydrogen-bond donors (Lipinski definition) is 3. The Balaban J connectivity index is 1.26. The van der Waals surface area contributed by atoms with Crippen molar-refractivity contribution in [2.24, 2.45) is 11.8 Å². The minimum atomic E-state index is -1.13. The van der Waals surface area contributed by atoms with Crippen molar-refractivity contribution in [1.29, 1.82) is 0 Å². The monoisotopic (exact) mass is 462 g/mol. The zero-order valence-corrected chi connectivity index (χ0v) is 19.3. The van der Waals surface area contributed by atoms with E-state index in [-0.39, 0.29) is 36.7 Å². The molecule has 34 heavy (non-hydrogen) atoms. The molecule has 2 atom stereocenters. The fourth-order valence-electron chi connectivity index (χ4n) is 5.19. The van der Waals surface area contributed by atoms with Gasteiger partial charge in [-0.3, -0.25) is 9.59 Å². The highest BCUT2D eigenvalue weighted by Crippen LogP contribution is 2.45. The lowest BCUT2D eigenvalue weighted by atomic mass is 9.93. The van der Waals surface area contributed by atoms with Crippen LogP contribution in [0.15, 0.2) is 48.5 Å². The van der Waals surface area contributed by atoms with E-state index in [0.717, 1.165) is 47.9 Å². The van der Waals surface area contributed by atoms with Gasteiger partial charge < -0.3 is 20.5 Å². The first kappa shape index (κ1) is 22.4. The van der Waals surface area contributed by atoms with E-state index in [4.69, 9.17) is 4.74 Å². The number of carboxylic acid groups (broad SMARTS) is 1. The average molecular weight is 463 g/mol. The van der Waals surface area contributed by atoms with E-state index in [2.05, 4.69) is 34.9 Å². The predicted molar refractivity (Wildman–Crippen MR) is 126 cm³/mol. The number of aliphatic carboxylic acids is 1. The van der Waals surface area contributed by atoms with Crippen LogP contribution in [-0.4, -0.2) is 41.3 Å². The van der Waals surface area contributed by atoms with Crippen LogP contribution in [-0.2, 0) is 14.3 Å². The van der Waals surface area contributed by atoms with E-state index < -0.39 is 23.6 Å². The molecule has 2 unspecified atom stereocenters. The van der Waals surface area contributed by atoms with E-state index in [1.165, 1.54) is 0 Å². The Morgan fingerprint density at radius 2 is 1.59 bits per heavy atom. The molecule has 0 saturated heterocycles. The van der Waals surface area contributed by atoms with Crippen molar-refractivity contribution < 1.29 is 24.2 Å². The first-order chi connectivity index (χ1) is 16.4. The SMILES string of the molecule is CC(NC(=O)OCC1c2ccccc2-c2ccccc21)(C(=O)NC(CC(=O)O)C1CC1)C1CC1. The van der Waals surface area contributed by atoms with Gasteiger partial charge in [0.25, 0.3) is 0 Å². The van der Waals surface area contributed by atoms with Crippen LogP contribution in [0.3, 0.4) is 0 Å². The molecule has 5 rings (SSSR count). The number of hydrogen-bond acceptors (Lipinski definition) is 4. The van der Waals surface area contributed by atoms with Crippen molar-refractivity contribution in [3.63, 3.8) is 0 Å². The molecule has 7 heteroatoms. The van der Waals surface area contributed by atoms with E-state index in [1.54, 1.807) is 6.92 Å². The van der Waals surface area contributed by atoms with Crippen molar-refractivity contribution >= 4 is 18.0 Å². The van der Waals surface area contributed by atoms with Crippen LogP contribution in [0, 0.1) is 11.8 Å². The Morgan fingerprint density at radius 1 is 1.00 bits per heavy atom. The number of amides is 2. The second-order valence-electron chi connectivity index (χ2n) is 9.94. The zero-order valence-electron chi connectivity index (χ0n) is 19.3. The topological polar surface area (TPSA) is 105 Å². The summed E-state index contributed by atoms with van der Waals surface area (Å²) in [6, 6.07) is 15.8. The predicted octanol–water partition coefficient (Wildman–Crippen LogP) is 4.06. The maximum atomic E-state index is 13.2. The molecule has 2 saturated carbocycles. The number of rotatable bonds is 9. The van der Waals surface area contributed by atoms with Gasteiger partial charge in [0.2, 0.25) is 5.91 Å². The van der Waals surface area contributed by atoms with Gasteiger partial charge in [0, 0.05) is 12.0 Å². The summed E-state index contributed by atoms with van der Waals surface area (Å²) in [6.45, 7) is 1.89. The van der Waals surface area contributed by atoms with Crippen LogP contribution >= 0.6 is 0 Å². The molecule has 0 heterocycles. The number of alkyl carbamates (subject to hydrolysis) is 1. The van der Waals surface area contributed by atoms with Gasteiger partial charge in [0.1, 0.15) is 12.1 Å². The number of fused-ring (bicyclic) bond motifs is 3. The fraction of sp³-hybridized carbons (Fsp3) is 0.444.